The van der Waals surface area contributed by atoms with Gasteiger partial charge in [-0.3, -0.25) is 4.98 Å². The average Bonchev–Trinajstić information content (AvgIpc) is 3.09. The van der Waals surface area contributed by atoms with Crippen molar-refractivity contribution in [1.82, 2.24) is 8.96 Å². The molecule has 2 aromatic heterocycles. The highest BCUT2D eigenvalue weighted by Gasteiger charge is 2.26. The summed E-state index contributed by atoms with van der Waals surface area (Å²) in [4.78, 5) is 4.79. The molecule has 0 aliphatic rings. The Balaban J connectivity index is 2.15. The molecule has 4 rings (SSSR count). The maximum absolute atomic E-state index is 13.9. The predicted octanol–water partition coefficient (Wildman–Crippen LogP) is 6.76. The zero-order chi connectivity index (χ0) is 24.6. The lowest BCUT2D eigenvalue weighted by Gasteiger charge is -2.11. The fourth-order valence-corrected chi connectivity index (χ4v) is 5.91. The first-order chi connectivity index (χ1) is 16.1. The second-order valence-corrected chi connectivity index (χ2v) is 12.7. The Morgan fingerprint density at radius 2 is 1.82 bits per heavy atom. The zero-order valence-electron chi connectivity index (χ0n) is 19.2. The molecule has 9 heteroatoms. The molecule has 0 unspecified atom stereocenters. The van der Waals surface area contributed by atoms with E-state index in [1.165, 1.54) is 3.97 Å². The summed E-state index contributed by atoms with van der Waals surface area (Å²) in [5, 5.41) is 1.50. The number of hydrogen-bond acceptors (Lipinski definition) is 5. The minimum Gasteiger partial charge on any atom is -0.491 e. The molecule has 0 radical (unpaired) electrons. The van der Waals surface area contributed by atoms with Gasteiger partial charge in [0.1, 0.15) is 5.75 Å². The number of ether oxygens (including phenoxy) is 2. The van der Waals surface area contributed by atoms with Crippen LogP contribution in [0.4, 0.5) is 0 Å². The van der Waals surface area contributed by atoms with Crippen molar-refractivity contribution >= 4 is 69.8 Å². The van der Waals surface area contributed by atoms with Gasteiger partial charge < -0.3 is 9.47 Å². The highest BCUT2D eigenvalue weighted by atomic mass is 79.9. The molecule has 0 saturated carbocycles. The van der Waals surface area contributed by atoms with Gasteiger partial charge in [0.15, 0.2) is 0 Å². The van der Waals surface area contributed by atoms with Crippen molar-refractivity contribution in [3.05, 3.63) is 68.9 Å². The lowest BCUT2D eigenvalue weighted by atomic mass is 10.1. The van der Waals surface area contributed by atoms with Gasteiger partial charge in [-0.1, -0.05) is 17.7 Å². The molecule has 34 heavy (non-hydrogen) atoms. The van der Waals surface area contributed by atoms with E-state index in [9.17, 15) is 8.42 Å². The number of nitrogens with zero attached hydrogens (tertiary/aromatic N) is 2. The Morgan fingerprint density at radius 3 is 2.44 bits per heavy atom. The van der Waals surface area contributed by atoms with Gasteiger partial charge in [0, 0.05) is 23.4 Å². The predicted molar refractivity (Wildman–Crippen MR) is 143 cm³/mol. The lowest BCUT2D eigenvalue weighted by Crippen LogP contribution is -2.13. The Kier molecular flexibility index (Phi) is 7.19. The first-order valence-corrected chi connectivity index (χ1v) is 13.6. The van der Waals surface area contributed by atoms with Crippen LogP contribution < -0.4 is 4.74 Å². The van der Waals surface area contributed by atoms with Gasteiger partial charge in [0.05, 0.1) is 43.9 Å². The van der Waals surface area contributed by atoms with E-state index in [0.29, 0.717) is 25.9 Å². The molecular formula is C25H24Br2N2O4S. The minimum absolute atomic E-state index is 0.0231. The van der Waals surface area contributed by atoms with Gasteiger partial charge in [-0.2, -0.15) is 0 Å². The van der Waals surface area contributed by atoms with Crippen molar-refractivity contribution in [3.8, 4) is 5.75 Å². The fraction of sp³-hybridized carbons (Fsp3) is 0.240. The van der Waals surface area contributed by atoms with E-state index in [0.717, 1.165) is 21.9 Å². The second kappa shape index (κ2) is 9.81. The number of hydrogen-bond donors (Lipinski definition) is 0. The molecule has 0 fully saturated rings. The first kappa shape index (κ1) is 24.9. The van der Waals surface area contributed by atoms with Crippen LogP contribution in [-0.2, 0) is 21.4 Å². The fourth-order valence-electron chi connectivity index (χ4n) is 3.97. The number of methoxy groups -OCH3 is 1. The minimum atomic E-state index is -3.91. The van der Waals surface area contributed by atoms with Crippen molar-refractivity contribution in [2.45, 2.75) is 38.4 Å². The Morgan fingerprint density at radius 1 is 1.12 bits per heavy atom. The van der Waals surface area contributed by atoms with E-state index in [-0.39, 0.29) is 17.6 Å². The average molecular weight is 608 g/mol. The van der Waals surface area contributed by atoms with Crippen LogP contribution in [0.3, 0.4) is 0 Å². The first-order valence-electron chi connectivity index (χ1n) is 10.6. The topological polar surface area (TPSA) is 70.4 Å². The molecule has 0 amide bonds. The summed E-state index contributed by atoms with van der Waals surface area (Å²) in [5.74, 6) is 0.660. The Hall–Kier alpha value is -2.20. The molecular weight excluding hydrogens is 584 g/mol. The van der Waals surface area contributed by atoms with Crippen molar-refractivity contribution < 1.29 is 17.9 Å². The molecule has 0 N–H and O–H groups in total. The van der Waals surface area contributed by atoms with Gasteiger partial charge in [-0.25, -0.2) is 12.4 Å². The van der Waals surface area contributed by atoms with Crippen LogP contribution >= 0.6 is 31.9 Å². The van der Waals surface area contributed by atoms with Crippen molar-refractivity contribution in [2.24, 2.45) is 0 Å². The van der Waals surface area contributed by atoms with Crippen molar-refractivity contribution in [3.63, 3.8) is 0 Å². The molecule has 4 aromatic rings. The van der Waals surface area contributed by atoms with E-state index >= 15 is 0 Å². The summed E-state index contributed by atoms with van der Waals surface area (Å²) in [6, 6.07) is 12.3. The van der Waals surface area contributed by atoms with E-state index in [2.05, 4.69) is 36.8 Å². The summed E-state index contributed by atoms with van der Waals surface area (Å²) in [6.45, 7) is 6.07. The maximum Gasteiger partial charge on any atom is 0.268 e. The van der Waals surface area contributed by atoms with E-state index < -0.39 is 10.0 Å². The third-order valence-corrected chi connectivity index (χ3v) is 7.53. The molecule has 178 valence electrons. The monoisotopic (exact) mass is 606 g/mol. The summed E-state index contributed by atoms with van der Waals surface area (Å²) < 4.78 is 41.3. The second-order valence-electron chi connectivity index (χ2n) is 8.18. The highest BCUT2D eigenvalue weighted by Crippen LogP contribution is 2.38. The molecule has 0 spiro atoms. The van der Waals surface area contributed by atoms with Crippen LogP contribution in [-0.4, -0.2) is 30.6 Å². The molecule has 0 atom stereocenters. The van der Waals surface area contributed by atoms with Crippen molar-refractivity contribution in [1.29, 1.82) is 0 Å². The third kappa shape index (κ3) is 4.66. The standard InChI is InChI=1S/C25H24Br2N2O4S/c1-15(2)33-17-7-10-22-19(11-17)25-20(14-32-4)21(12-24(26)27)28-13-23(25)29(22)34(30,31)18-8-5-16(3)6-9-18/h5-13,15H,14H2,1-4H3. The SMILES string of the molecule is COCc1c(C=C(Br)Br)ncc2c1c1cc(OC(C)C)ccc1n2S(=O)(=O)c1ccc(C)cc1. The number of benzene rings is 2. The largest absolute Gasteiger partial charge is 0.491 e. The maximum atomic E-state index is 13.9. The van der Waals surface area contributed by atoms with Crippen LogP contribution in [0.15, 0.2) is 56.9 Å². The number of pyridine rings is 1. The number of aromatic nitrogens is 2. The zero-order valence-corrected chi connectivity index (χ0v) is 23.2. The summed E-state index contributed by atoms with van der Waals surface area (Å²) in [7, 11) is -2.31. The number of aryl methyl sites for hydroxylation is 1. The van der Waals surface area contributed by atoms with Crippen LogP contribution in [0.2, 0.25) is 0 Å². The normalized spacial score (nSPS) is 12.0. The highest BCUT2D eigenvalue weighted by molar-refractivity contribution is 9.28. The van der Waals surface area contributed by atoms with Crippen LogP contribution in [0, 0.1) is 6.92 Å². The van der Waals surface area contributed by atoms with Crippen LogP contribution in [0.5, 0.6) is 5.75 Å². The van der Waals surface area contributed by atoms with Gasteiger partial charge in [0.25, 0.3) is 10.0 Å². The Bertz CT molecular complexity index is 1500. The summed E-state index contributed by atoms with van der Waals surface area (Å²) in [6.07, 6.45) is 3.39. The van der Waals surface area contributed by atoms with Gasteiger partial charge in [0.2, 0.25) is 0 Å². The third-order valence-electron chi connectivity index (χ3n) is 5.33. The number of halogens is 2. The molecule has 2 heterocycles. The van der Waals surface area contributed by atoms with Crippen LogP contribution in [0.1, 0.15) is 30.7 Å². The molecule has 0 bridgehead atoms. The molecule has 2 aromatic carbocycles. The van der Waals surface area contributed by atoms with Gasteiger partial charge in [-0.15, -0.1) is 0 Å². The summed E-state index contributed by atoms with van der Waals surface area (Å²) >= 11 is 6.80. The number of rotatable bonds is 7. The lowest BCUT2D eigenvalue weighted by molar-refractivity contribution is 0.185. The Labute approximate surface area is 215 Å². The van der Waals surface area contributed by atoms with E-state index in [4.69, 9.17) is 9.47 Å². The van der Waals surface area contributed by atoms with Crippen molar-refractivity contribution in [2.75, 3.05) is 7.11 Å². The molecule has 0 saturated heterocycles. The van der Waals surface area contributed by atoms with Gasteiger partial charge >= 0.3 is 0 Å². The quantitative estimate of drug-likeness (QED) is 0.232. The van der Waals surface area contributed by atoms with E-state index in [1.807, 2.05) is 32.9 Å². The smallest absolute Gasteiger partial charge is 0.268 e. The molecule has 0 aliphatic heterocycles. The van der Waals surface area contributed by atoms with Crippen LogP contribution in [0.25, 0.3) is 27.9 Å². The van der Waals surface area contributed by atoms with Gasteiger partial charge in [-0.05, 0) is 89.0 Å². The van der Waals surface area contributed by atoms with E-state index in [1.54, 1.807) is 49.7 Å². The molecule has 6 nitrogen and oxygen atoms in total. The summed E-state index contributed by atoms with van der Waals surface area (Å²) in [5.41, 5.74) is 3.45. The molecule has 0 aliphatic carbocycles. The number of fused-ring (bicyclic) bond motifs is 3.